The van der Waals surface area contributed by atoms with Crippen LogP contribution in [0.1, 0.15) is 48.7 Å². The molecule has 0 bridgehead atoms. The fourth-order valence-corrected chi connectivity index (χ4v) is 4.63. The third kappa shape index (κ3) is 4.36. The molecule has 3 nitrogen and oxygen atoms in total. The van der Waals surface area contributed by atoms with Crippen LogP contribution < -0.4 is 5.32 Å². The molecule has 1 aliphatic rings. The van der Waals surface area contributed by atoms with Crippen LogP contribution in [0.3, 0.4) is 0 Å². The number of carbonyl (C=O) groups is 1. The quantitative estimate of drug-likeness (QED) is 0.795. The van der Waals surface area contributed by atoms with Gasteiger partial charge in [-0.25, -0.2) is 4.98 Å². The van der Waals surface area contributed by atoms with Crippen molar-refractivity contribution >= 4 is 29.0 Å². The molecule has 23 heavy (non-hydrogen) atoms. The van der Waals surface area contributed by atoms with Gasteiger partial charge in [0, 0.05) is 22.1 Å². The molecule has 1 heterocycles. The molecular weight excluding hydrogens is 324 g/mol. The lowest BCUT2D eigenvalue weighted by Crippen LogP contribution is -2.41. The smallest absolute Gasteiger partial charge is 0.252 e. The van der Waals surface area contributed by atoms with Crippen molar-refractivity contribution in [1.82, 2.24) is 10.3 Å². The van der Waals surface area contributed by atoms with E-state index in [2.05, 4.69) is 22.6 Å². The van der Waals surface area contributed by atoms with Gasteiger partial charge in [0.1, 0.15) is 0 Å². The van der Waals surface area contributed by atoms with E-state index in [-0.39, 0.29) is 5.91 Å². The fraction of sp³-hybridized carbons (Fsp3) is 0.444. The number of carbonyl (C=O) groups excluding carboxylic acids is 1. The number of benzene rings is 1. The maximum atomic E-state index is 12.7. The minimum absolute atomic E-state index is 0.0603. The topological polar surface area (TPSA) is 42.0 Å². The van der Waals surface area contributed by atoms with Crippen LogP contribution in [-0.4, -0.2) is 16.9 Å². The average Bonchev–Trinajstić information content (AvgIpc) is 3.09. The highest BCUT2D eigenvalue weighted by atomic mass is 32.2. The summed E-state index contributed by atoms with van der Waals surface area (Å²) in [5.41, 5.74) is 3.69. The Labute approximate surface area is 145 Å². The van der Waals surface area contributed by atoms with Gasteiger partial charge in [-0.2, -0.15) is 0 Å². The van der Waals surface area contributed by atoms with Crippen LogP contribution in [0.15, 0.2) is 40.1 Å². The van der Waals surface area contributed by atoms with Gasteiger partial charge in [0.05, 0.1) is 16.8 Å². The van der Waals surface area contributed by atoms with Crippen molar-refractivity contribution in [2.45, 2.75) is 49.3 Å². The molecule has 2 aromatic rings. The molecule has 1 aliphatic carbocycles. The zero-order chi connectivity index (χ0) is 16.1. The second kappa shape index (κ2) is 7.97. The molecule has 1 N–H and O–H groups in total. The third-order valence-electron chi connectivity index (χ3n) is 4.42. The summed E-state index contributed by atoms with van der Waals surface area (Å²) >= 11 is 3.28. The van der Waals surface area contributed by atoms with Crippen LogP contribution in [0.25, 0.3) is 0 Å². The molecule has 0 radical (unpaired) electrons. The number of rotatable bonds is 5. The van der Waals surface area contributed by atoms with Gasteiger partial charge in [-0.05, 0) is 30.9 Å². The van der Waals surface area contributed by atoms with Crippen molar-refractivity contribution in [3.05, 3.63) is 46.4 Å². The van der Waals surface area contributed by atoms with E-state index in [1.165, 1.54) is 19.3 Å². The third-order valence-corrected chi connectivity index (χ3v) is 6.16. The average molecular weight is 347 g/mol. The Hall–Kier alpha value is -1.33. The van der Waals surface area contributed by atoms with Crippen LogP contribution >= 0.6 is 23.1 Å². The Bertz CT molecular complexity index is 642. The number of thioether (sulfide) groups is 1. The Morgan fingerprint density at radius 3 is 2.96 bits per heavy atom. The van der Waals surface area contributed by atoms with E-state index in [1.54, 1.807) is 23.1 Å². The number of hydrogen-bond donors (Lipinski definition) is 1. The van der Waals surface area contributed by atoms with Crippen molar-refractivity contribution in [2.75, 3.05) is 0 Å². The van der Waals surface area contributed by atoms with Gasteiger partial charge in [0.15, 0.2) is 0 Å². The van der Waals surface area contributed by atoms with Gasteiger partial charge in [0.25, 0.3) is 5.91 Å². The number of hydrogen-bond acceptors (Lipinski definition) is 4. The summed E-state index contributed by atoms with van der Waals surface area (Å²) in [5.74, 6) is 1.43. The molecule has 1 amide bonds. The van der Waals surface area contributed by atoms with E-state index in [0.29, 0.717) is 12.0 Å². The van der Waals surface area contributed by atoms with E-state index < -0.39 is 0 Å². The fourth-order valence-electron chi connectivity index (χ4n) is 3.02. The molecule has 0 spiro atoms. The van der Waals surface area contributed by atoms with Gasteiger partial charge in [-0.3, -0.25) is 4.79 Å². The Balaban J connectivity index is 1.67. The van der Waals surface area contributed by atoms with Crippen molar-refractivity contribution in [1.29, 1.82) is 0 Å². The summed E-state index contributed by atoms with van der Waals surface area (Å²) in [6.07, 6.45) is 4.81. The van der Waals surface area contributed by atoms with E-state index >= 15 is 0 Å². The van der Waals surface area contributed by atoms with Gasteiger partial charge < -0.3 is 5.32 Å². The maximum absolute atomic E-state index is 12.7. The Morgan fingerprint density at radius 2 is 2.17 bits per heavy atom. The van der Waals surface area contributed by atoms with Gasteiger partial charge >= 0.3 is 0 Å². The van der Waals surface area contributed by atoms with Crippen LogP contribution in [0.4, 0.5) is 0 Å². The summed E-state index contributed by atoms with van der Waals surface area (Å²) in [7, 11) is 0. The first-order valence-corrected chi connectivity index (χ1v) is 10.1. The zero-order valence-electron chi connectivity index (χ0n) is 13.3. The largest absolute Gasteiger partial charge is 0.349 e. The monoisotopic (exact) mass is 346 g/mol. The second-order valence-electron chi connectivity index (χ2n) is 6.11. The van der Waals surface area contributed by atoms with Gasteiger partial charge in [0.2, 0.25) is 0 Å². The van der Waals surface area contributed by atoms with Crippen LogP contribution in [0.2, 0.25) is 0 Å². The predicted octanol–water partition coefficient (Wildman–Crippen LogP) is 4.74. The molecule has 3 rings (SSSR count). The van der Waals surface area contributed by atoms with Crippen LogP contribution in [0, 0.1) is 5.92 Å². The van der Waals surface area contributed by atoms with E-state index in [1.807, 2.05) is 29.8 Å². The van der Waals surface area contributed by atoms with E-state index in [9.17, 15) is 4.79 Å². The predicted molar refractivity (Wildman–Crippen MR) is 97.0 cm³/mol. The molecule has 1 saturated carbocycles. The lowest BCUT2D eigenvalue weighted by atomic mass is 9.86. The number of aromatic nitrogens is 1. The van der Waals surface area contributed by atoms with E-state index in [0.717, 1.165) is 28.3 Å². The van der Waals surface area contributed by atoms with Crippen molar-refractivity contribution in [2.24, 2.45) is 5.92 Å². The molecule has 0 aliphatic heterocycles. The molecule has 5 heteroatoms. The summed E-state index contributed by atoms with van der Waals surface area (Å²) < 4.78 is 0. The highest BCUT2D eigenvalue weighted by Crippen LogP contribution is 2.28. The highest BCUT2D eigenvalue weighted by molar-refractivity contribution is 7.98. The standard InChI is InChI=1S/C18H22N2OS2/c1-13-6-2-4-8-16(13)20-18(21)15-7-3-5-9-17(15)23-11-14-10-22-12-19-14/h3,5,7,9-10,12-13,16H,2,4,6,8,11H2,1H3,(H,20,21). The normalized spacial score (nSPS) is 21.1. The Morgan fingerprint density at radius 1 is 1.35 bits per heavy atom. The summed E-state index contributed by atoms with van der Waals surface area (Å²) in [6, 6.07) is 8.19. The first-order chi connectivity index (χ1) is 11.2. The first-order valence-electron chi connectivity index (χ1n) is 8.14. The lowest BCUT2D eigenvalue weighted by molar-refractivity contribution is 0.0907. The van der Waals surface area contributed by atoms with Crippen molar-refractivity contribution < 1.29 is 4.79 Å². The molecule has 1 fully saturated rings. The second-order valence-corrected chi connectivity index (χ2v) is 7.84. The highest BCUT2D eigenvalue weighted by Gasteiger charge is 2.24. The van der Waals surface area contributed by atoms with Crippen molar-refractivity contribution in [3.8, 4) is 0 Å². The number of thiazole rings is 1. The molecular formula is C18H22N2OS2. The van der Waals surface area contributed by atoms with Crippen molar-refractivity contribution in [3.63, 3.8) is 0 Å². The molecule has 0 saturated heterocycles. The molecule has 2 atom stereocenters. The number of amides is 1. The number of nitrogens with zero attached hydrogens (tertiary/aromatic N) is 1. The Kier molecular flexibility index (Phi) is 5.73. The van der Waals surface area contributed by atoms with Gasteiger partial charge in [-0.15, -0.1) is 23.1 Å². The molecule has 1 aromatic heterocycles. The maximum Gasteiger partial charge on any atom is 0.252 e. The minimum atomic E-state index is 0.0603. The van der Waals surface area contributed by atoms with E-state index in [4.69, 9.17) is 0 Å². The first kappa shape index (κ1) is 16.5. The molecule has 1 aromatic carbocycles. The minimum Gasteiger partial charge on any atom is -0.349 e. The molecule has 122 valence electrons. The number of nitrogens with one attached hydrogen (secondary N) is 1. The summed E-state index contributed by atoms with van der Waals surface area (Å²) in [5, 5.41) is 5.31. The zero-order valence-corrected chi connectivity index (χ0v) is 15.0. The molecule has 2 unspecified atom stereocenters. The van der Waals surface area contributed by atoms with Gasteiger partial charge in [-0.1, -0.05) is 31.9 Å². The lowest BCUT2D eigenvalue weighted by Gasteiger charge is -2.29. The van der Waals surface area contributed by atoms with Crippen LogP contribution in [0.5, 0.6) is 0 Å². The summed E-state index contributed by atoms with van der Waals surface area (Å²) in [4.78, 5) is 18.0. The summed E-state index contributed by atoms with van der Waals surface area (Å²) in [6.45, 7) is 2.24. The SMILES string of the molecule is CC1CCCCC1NC(=O)c1ccccc1SCc1cscn1. The van der Waals surface area contributed by atoms with Crippen LogP contribution in [-0.2, 0) is 5.75 Å².